The minimum atomic E-state index is -0.267. The van der Waals surface area contributed by atoms with Gasteiger partial charge in [0.15, 0.2) is 0 Å². The number of ether oxygens (including phenoxy) is 1. The highest BCUT2D eigenvalue weighted by atomic mass is 16.5. The summed E-state index contributed by atoms with van der Waals surface area (Å²) in [6.07, 6.45) is 1.64. The lowest BCUT2D eigenvalue weighted by Gasteiger charge is -2.13. The topological polar surface area (TPSA) is 55.5 Å². The molecule has 1 atom stereocenters. The van der Waals surface area contributed by atoms with Crippen molar-refractivity contribution in [3.8, 4) is 5.75 Å². The molecule has 3 N–H and O–H groups in total. The number of aliphatic hydroxyl groups excluding tert-OH is 1. The van der Waals surface area contributed by atoms with Crippen LogP contribution in [0.5, 0.6) is 5.75 Å². The second-order valence-corrected chi connectivity index (χ2v) is 3.00. The first-order valence-electron chi connectivity index (χ1n) is 4.38. The SMILES string of the molecule is C=C[C@@H](N)c1cc(CO)ccc1OC. The van der Waals surface area contributed by atoms with Crippen LogP contribution in [0.3, 0.4) is 0 Å². The Kier molecular flexibility index (Phi) is 3.68. The Morgan fingerprint density at radius 2 is 2.36 bits per heavy atom. The molecule has 0 radical (unpaired) electrons. The highest BCUT2D eigenvalue weighted by Crippen LogP contribution is 2.25. The van der Waals surface area contributed by atoms with Gasteiger partial charge >= 0.3 is 0 Å². The number of nitrogens with two attached hydrogens (primary N) is 1. The molecule has 0 heterocycles. The van der Waals surface area contributed by atoms with Crippen molar-refractivity contribution in [2.45, 2.75) is 12.6 Å². The summed E-state index contributed by atoms with van der Waals surface area (Å²) in [6, 6.07) is 5.16. The van der Waals surface area contributed by atoms with Gasteiger partial charge in [0.1, 0.15) is 5.75 Å². The van der Waals surface area contributed by atoms with Gasteiger partial charge in [-0.25, -0.2) is 0 Å². The molecule has 76 valence electrons. The largest absolute Gasteiger partial charge is 0.496 e. The Labute approximate surface area is 83.8 Å². The number of rotatable bonds is 4. The monoisotopic (exact) mass is 193 g/mol. The molecule has 0 aliphatic rings. The summed E-state index contributed by atoms with van der Waals surface area (Å²) in [4.78, 5) is 0. The number of hydrogen-bond acceptors (Lipinski definition) is 3. The van der Waals surface area contributed by atoms with Gasteiger partial charge in [-0.2, -0.15) is 0 Å². The smallest absolute Gasteiger partial charge is 0.123 e. The molecular weight excluding hydrogens is 178 g/mol. The minimum Gasteiger partial charge on any atom is -0.496 e. The van der Waals surface area contributed by atoms with Gasteiger partial charge in [-0.3, -0.25) is 0 Å². The van der Waals surface area contributed by atoms with Gasteiger partial charge in [0.05, 0.1) is 19.8 Å². The van der Waals surface area contributed by atoms with E-state index in [1.54, 1.807) is 25.3 Å². The first-order valence-corrected chi connectivity index (χ1v) is 4.38. The predicted molar refractivity (Wildman–Crippen MR) is 56.0 cm³/mol. The lowest BCUT2D eigenvalue weighted by Crippen LogP contribution is -2.08. The molecular formula is C11H15NO2. The van der Waals surface area contributed by atoms with E-state index in [1.807, 2.05) is 6.07 Å². The molecule has 0 bridgehead atoms. The van der Waals surface area contributed by atoms with Crippen LogP contribution in [0.2, 0.25) is 0 Å². The van der Waals surface area contributed by atoms with Crippen LogP contribution in [0.4, 0.5) is 0 Å². The van der Waals surface area contributed by atoms with Crippen LogP contribution in [0.1, 0.15) is 17.2 Å². The van der Waals surface area contributed by atoms with Crippen LogP contribution < -0.4 is 10.5 Å². The summed E-state index contributed by atoms with van der Waals surface area (Å²) in [5, 5.41) is 8.97. The molecule has 0 unspecified atom stereocenters. The van der Waals surface area contributed by atoms with Crippen molar-refractivity contribution in [3.63, 3.8) is 0 Å². The predicted octanol–water partition coefficient (Wildman–Crippen LogP) is 1.37. The molecule has 0 amide bonds. The van der Waals surface area contributed by atoms with E-state index in [0.29, 0.717) is 0 Å². The standard InChI is InChI=1S/C11H15NO2/c1-3-10(12)9-6-8(7-13)4-5-11(9)14-2/h3-6,10,13H,1,7,12H2,2H3/t10-/m1/s1. The average Bonchev–Trinajstić information content (AvgIpc) is 2.27. The fourth-order valence-corrected chi connectivity index (χ4v) is 1.27. The van der Waals surface area contributed by atoms with Gasteiger partial charge in [0, 0.05) is 5.56 Å². The molecule has 1 aromatic rings. The number of methoxy groups -OCH3 is 1. The van der Waals surface area contributed by atoms with Crippen LogP contribution in [0, 0.1) is 0 Å². The number of aliphatic hydroxyl groups is 1. The fraction of sp³-hybridized carbons (Fsp3) is 0.273. The molecule has 14 heavy (non-hydrogen) atoms. The summed E-state index contributed by atoms with van der Waals surface area (Å²) in [5.74, 6) is 0.717. The van der Waals surface area contributed by atoms with Crippen LogP contribution >= 0.6 is 0 Å². The highest BCUT2D eigenvalue weighted by Gasteiger charge is 2.09. The first-order chi connectivity index (χ1) is 6.72. The zero-order valence-corrected chi connectivity index (χ0v) is 8.23. The second kappa shape index (κ2) is 4.79. The van der Waals surface area contributed by atoms with E-state index >= 15 is 0 Å². The van der Waals surface area contributed by atoms with Crippen molar-refractivity contribution < 1.29 is 9.84 Å². The van der Waals surface area contributed by atoms with E-state index in [4.69, 9.17) is 15.6 Å². The molecule has 0 aromatic heterocycles. The maximum absolute atomic E-state index is 8.97. The maximum Gasteiger partial charge on any atom is 0.123 e. The summed E-state index contributed by atoms with van der Waals surface area (Å²) >= 11 is 0. The van der Waals surface area contributed by atoms with Crippen molar-refractivity contribution in [3.05, 3.63) is 42.0 Å². The van der Waals surface area contributed by atoms with E-state index in [2.05, 4.69) is 6.58 Å². The fourth-order valence-electron chi connectivity index (χ4n) is 1.27. The molecule has 1 rings (SSSR count). The van der Waals surface area contributed by atoms with Crippen molar-refractivity contribution in [2.24, 2.45) is 5.73 Å². The lowest BCUT2D eigenvalue weighted by molar-refractivity contribution is 0.281. The number of benzene rings is 1. The van der Waals surface area contributed by atoms with Gasteiger partial charge in [-0.1, -0.05) is 12.1 Å². The third-order valence-corrected chi connectivity index (χ3v) is 2.09. The van der Waals surface area contributed by atoms with E-state index in [9.17, 15) is 0 Å². The molecule has 0 aliphatic heterocycles. The van der Waals surface area contributed by atoms with Crippen LogP contribution in [0.25, 0.3) is 0 Å². The summed E-state index contributed by atoms with van der Waals surface area (Å²) < 4.78 is 5.16. The van der Waals surface area contributed by atoms with Gasteiger partial charge < -0.3 is 15.6 Å². The number of hydrogen-bond donors (Lipinski definition) is 2. The van der Waals surface area contributed by atoms with E-state index in [-0.39, 0.29) is 12.6 Å². The molecule has 3 nitrogen and oxygen atoms in total. The molecule has 0 saturated heterocycles. The highest BCUT2D eigenvalue weighted by molar-refractivity contribution is 5.40. The lowest BCUT2D eigenvalue weighted by atomic mass is 10.0. The molecule has 0 aliphatic carbocycles. The Bertz CT molecular complexity index is 323. The Hall–Kier alpha value is -1.32. The van der Waals surface area contributed by atoms with E-state index in [1.165, 1.54) is 0 Å². The Morgan fingerprint density at radius 1 is 1.64 bits per heavy atom. The average molecular weight is 193 g/mol. The molecule has 3 heteroatoms. The normalized spacial score (nSPS) is 12.2. The maximum atomic E-state index is 8.97. The van der Waals surface area contributed by atoms with Crippen LogP contribution in [-0.2, 0) is 6.61 Å². The van der Waals surface area contributed by atoms with Gasteiger partial charge in [-0.15, -0.1) is 6.58 Å². The zero-order chi connectivity index (χ0) is 10.6. The van der Waals surface area contributed by atoms with Crippen molar-refractivity contribution in [1.29, 1.82) is 0 Å². The minimum absolute atomic E-state index is 0.000850. The first kappa shape index (κ1) is 10.8. The summed E-state index contributed by atoms with van der Waals surface area (Å²) in [5.41, 5.74) is 7.47. The second-order valence-electron chi connectivity index (χ2n) is 3.00. The quantitative estimate of drug-likeness (QED) is 0.710. The van der Waals surface area contributed by atoms with Crippen LogP contribution in [0.15, 0.2) is 30.9 Å². The van der Waals surface area contributed by atoms with Crippen molar-refractivity contribution >= 4 is 0 Å². The molecule has 0 saturated carbocycles. The van der Waals surface area contributed by atoms with Gasteiger partial charge in [0.2, 0.25) is 0 Å². The van der Waals surface area contributed by atoms with Crippen molar-refractivity contribution in [2.75, 3.05) is 7.11 Å². The van der Waals surface area contributed by atoms with Crippen LogP contribution in [-0.4, -0.2) is 12.2 Å². The molecule has 0 spiro atoms. The summed E-state index contributed by atoms with van der Waals surface area (Å²) in [6.45, 7) is 3.63. The zero-order valence-electron chi connectivity index (χ0n) is 8.23. The Morgan fingerprint density at radius 3 is 2.86 bits per heavy atom. The summed E-state index contributed by atoms with van der Waals surface area (Å²) in [7, 11) is 1.59. The van der Waals surface area contributed by atoms with Crippen molar-refractivity contribution in [1.82, 2.24) is 0 Å². The third-order valence-electron chi connectivity index (χ3n) is 2.09. The van der Waals surface area contributed by atoms with E-state index < -0.39 is 0 Å². The van der Waals surface area contributed by atoms with Gasteiger partial charge in [-0.05, 0) is 17.7 Å². The molecule has 0 fully saturated rings. The third kappa shape index (κ3) is 2.13. The van der Waals surface area contributed by atoms with E-state index in [0.717, 1.165) is 16.9 Å². The van der Waals surface area contributed by atoms with Gasteiger partial charge in [0.25, 0.3) is 0 Å². The Balaban J connectivity index is 3.14. The molecule has 1 aromatic carbocycles.